The SMILES string of the molecule is CC(C)(COC(=O)CCC(=O)O)NC(=O)c1ccc(F)cc1F. The molecule has 1 rings (SSSR count). The number of benzene rings is 1. The monoisotopic (exact) mass is 329 g/mol. The first-order valence-corrected chi connectivity index (χ1v) is 6.76. The lowest BCUT2D eigenvalue weighted by Gasteiger charge is -2.25. The first-order chi connectivity index (χ1) is 10.6. The molecule has 1 aromatic carbocycles. The fraction of sp³-hybridized carbons (Fsp3) is 0.400. The Kier molecular flexibility index (Phi) is 6.18. The van der Waals surface area contributed by atoms with Crippen LogP contribution in [0.15, 0.2) is 18.2 Å². The molecular weight excluding hydrogens is 312 g/mol. The Morgan fingerprint density at radius 2 is 1.87 bits per heavy atom. The molecule has 0 aliphatic carbocycles. The quantitative estimate of drug-likeness (QED) is 0.745. The van der Waals surface area contributed by atoms with Gasteiger partial charge in [-0.3, -0.25) is 14.4 Å². The van der Waals surface area contributed by atoms with E-state index in [9.17, 15) is 23.2 Å². The van der Waals surface area contributed by atoms with E-state index in [-0.39, 0.29) is 25.0 Å². The molecule has 126 valence electrons. The van der Waals surface area contributed by atoms with E-state index in [4.69, 9.17) is 9.84 Å². The van der Waals surface area contributed by atoms with Gasteiger partial charge in [0, 0.05) is 6.07 Å². The van der Waals surface area contributed by atoms with E-state index in [0.717, 1.165) is 12.1 Å². The third kappa shape index (κ3) is 6.41. The molecule has 2 N–H and O–H groups in total. The Labute approximate surface area is 131 Å². The van der Waals surface area contributed by atoms with Crippen LogP contribution in [-0.4, -0.2) is 35.1 Å². The number of ether oxygens (including phenoxy) is 1. The van der Waals surface area contributed by atoms with E-state index in [0.29, 0.717) is 6.07 Å². The van der Waals surface area contributed by atoms with E-state index in [1.165, 1.54) is 13.8 Å². The lowest BCUT2D eigenvalue weighted by atomic mass is 10.1. The maximum Gasteiger partial charge on any atom is 0.306 e. The summed E-state index contributed by atoms with van der Waals surface area (Å²) in [6, 6.07) is 2.56. The van der Waals surface area contributed by atoms with Gasteiger partial charge in [0.1, 0.15) is 18.2 Å². The normalized spacial score (nSPS) is 11.0. The van der Waals surface area contributed by atoms with Crippen LogP contribution >= 0.6 is 0 Å². The lowest BCUT2D eigenvalue weighted by molar-refractivity contribution is -0.149. The van der Waals surface area contributed by atoms with Crippen molar-refractivity contribution in [3.05, 3.63) is 35.4 Å². The van der Waals surface area contributed by atoms with Crippen LogP contribution < -0.4 is 5.32 Å². The number of hydrogen-bond acceptors (Lipinski definition) is 4. The second-order valence-electron chi connectivity index (χ2n) is 5.52. The van der Waals surface area contributed by atoms with Crippen molar-refractivity contribution >= 4 is 17.8 Å². The number of carbonyl (C=O) groups is 3. The van der Waals surface area contributed by atoms with Crippen LogP contribution in [0.4, 0.5) is 8.78 Å². The average Bonchev–Trinajstić information content (AvgIpc) is 2.42. The van der Waals surface area contributed by atoms with Gasteiger partial charge in [-0.1, -0.05) is 0 Å². The molecule has 0 aliphatic rings. The number of hydrogen-bond donors (Lipinski definition) is 2. The van der Waals surface area contributed by atoms with Crippen molar-refractivity contribution in [1.82, 2.24) is 5.32 Å². The van der Waals surface area contributed by atoms with Crippen LogP contribution in [0.5, 0.6) is 0 Å². The summed E-state index contributed by atoms with van der Waals surface area (Å²) in [5, 5.41) is 10.9. The highest BCUT2D eigenvalue weighted by Gasteiger charge is 2.25. The number of nitrogens with one attached hydrogen (secondary N) is 1. The predicted molar refractivity (Wildman–Crippen MR) is 75.7 cm³/mol. The van der Waals surface area contributed by atoms with Crippen LogP contribution in [0.25, 0.3) is 0 Å². The Hall–Kier alpha value is -2.51. The van der Waals surface area contributed by atoms with Crippen LogP contribution in [0.3, 0.4) is 0 Å². The van der Waals surface area contributed by atoms with E-state index in [1.807, 2.05) is 0 Å². The zero-order valence-electron chi connectivity index (χ0n) is 12.7. The van der Waals surface area contributed by atoms with Gasteiger partial charge < -0.3 is 15.2 Å². The number of carboxylic acids is 1. The molecule has 23 heavy (non-hydrogen) atoms. The van der Waals surface area contributed by atoms with Crippen molar-refractivity contribution in [3.8, 4) is 0 Å². The Bertz CT molecular complexity index is 616. The summed E-state index contributed by atoms with van der Waals surface area (Å²) in [7, 11) is 0. The highest BCUT2D eigenvalue weighted by atomic mass is 19.1. The van der Waals surface area contributed by atoms with Gasteiger partial charge in [0.15, 0.2) is 0 Å². The third-order valence-corrected chi connectivity index (χ3v) is 2.76. The summed E-state index contributed by atoms with van der Waals surface area (Å²) >= 11 is 0. The van der Waals surface area contributed by atoms with Crippen LogP contribution in [0, 0.1) is 11.6 Å². The van der Waals surface area contributed by atoms with Gasteiger partial charge in [-0.15, -0.1) is 0 Å². The molecule has 0 saturated heterocycles. The van der Waals surface area contributed by atoms with Crippen LogP contribution in [0.2, 0.25) is 0 Å². The zero-order chi connectivity index (χ0) is 17.6. The fourth-order valence-corrected chi connectivity index (χ4v) is 1.63. The van der Waals surface area contributed by atoms with Gasteiger partial charge in [-0.05, 0) is 26.0 Å². The summed E-state index contributed by atoms with van der Waals surface area (Å²) in [5.74, 6) is -4.43. The number of esters is 1. The van der Waals surface area contributed by atoms with Gasteiger partial charge in [0.25, 0.3) is 5.91 Å². The summed E-state index contributed by atoms with van der Waals surface area (Å²) in [5.41, 5.74) is -1.35. The minimum absolute atomic E-state index is 0.222. The van der Waals surface area contributed by atoms with Gasteiger partial charge in [0.2, 0.25) is 0 Å². The molecule has 1 aromatic rings. The highest BCUT2D eigenvalue weighted by molar-refractivity contribution is 5.94. The Balaban J connectivity index is 2.58. The molecule has 0 radical (unpaired) electrons. The number of amides is 1. The molecule has 0 heterocycles. The van der Waals surface area contributed by atoms with Gasteiger partial charge >= 0.3 is 11.9 Å². The zero-order valence-corrected chi connectivity index (χ0v) is 12.7. The summed E-state index contributed by atoms with van der Waals surface area (Å²) in [6.45, 7) is 2.85. The topological polar surface area (TPSA) is 92.7 Å². The molecule has 0 saturated carbocycles. The molecule has 0 fully saturated rings. The minimum Gasteiger partial charge on any atom is -0.481 e. The molecule has 0 bridgehead atoms. The van der Waals surface area contributed by atoms with E-state index in [2.05, 4.69) is 5.32 Å². The van der Waals surface area contributed by atoms with Crippen LogP contribution in [-0.2, 0) is 14.3 Å². The molecule has 0 atom stereocenters. The lowest BCUT2D eigenvalue weighted by Crippen LogP contribution is -2.47. The smallest absolute Gasteiger partial charge is 0.306 e. The van der Waals surface area contributed by atoms with Gasteiger partial charge in [0.05, 0.1) is 23.9 Å². The minimum atomic E-state index is -1.12. The molecular formula is C15H17F2NO5. The van der Waals surface area contributed by atoms with Crippen molar-refractivity contribution in [2.45, 2.75) is 32.2 Å². The number of rotatable bonds is 7. The van der Waals surface area contributed by atoms with Gasteiger partial charge in [-0.2, -0.15) is 0 Å². The highest BCUT2D eigenvalue weighted by Crippen LogP contribution is 2.12. The number of halogens is 2. The number of aliphatic carboxylic acids is 1. The van der Waals surface area contributed by atoms with Crippen molar-refractivity contribution in [3.63, 3.8) is 0 Å². The van der Waals surface area contributed by atoms with Crippen molar-refractivity contribution in [2.24, 2.45) is 0 Å². The maximum absolute atomic E-state index is 13.5. The molecule has 1 amide bonds. The number of carbonyl (C=O) groups excluding carboxylic acids is 2. The fourth-order valence-electron chi connectivity index (χ4n) is 1.63. The Morgan fingerprint density at radius 1 is 1.22 bits per heavy atom. The molecule has 0 aliphatic heterocycles. The molecule has 8 heteroatoms. The first kappa shape index (κ1) is 18.5. The molecule has 0 aromatic heterocycles. The maximum atomic E-state index is 13.5. The van der Waals surface area contributed by atoms with E-state index < -0.39 is 35.0 Å². The largest absolute Gasteiger partial charge is 0.481 e. The predicted octanol–water partition coefficient (Wildman–Crippen LogP) is 1.88. The number of carboxylic acid groups (broad SMARTS) is 1. The summed E-state index contributed by atoms with van der Waals surface area (Å²) in [4.78, 5) is 33.6. The van der Waals surface area contributed by atoms with E-state index in [1.54, 1.807) is 0 Å². The van der Waals surface area contributed by atoms with Crippen molar-refractivity contribution in [2.75, 3.05) is 6.61 Å². The second-order valence-corrected chi connectivity index (χ2v) is 5.52. The summed E-state index contributed by atoms with van der Waals surface area (Å²) < 4.78 is 31.2. The molecule has 0 unspecified atom stereocenters. The second kappa shape index (κ2) is 7.66. The molecule has 0 spiro atoms. The van der Waals surface area contributed by atoms with E-state index >= 15 is 0 Å². The first-order valence-electron chi connectivity index (χ1n) is 6.76. The Morgan fingerprint density at radius 3 is 2.43 bits per heavy atom. The van der Waals surface area contributed by atoms with Gasteiger partial charge in [-0.25, -0.2) is 8.78 Å². The third-order valence-electron chi connectivity index (χ3n) is 2.76. The van der Waals surface area contributed by atoms with Crippen molar-refractivity contribution in [1.29, 1.82) is 0 Å². The standard InChI is InChI=1S/C15H17F2NO5/c1-15(2,8-23-13(21)6-5-12(19)20)18-14(22)10-4-3-9(16)7-11(10)17/h3-4,7H,5-6,8H2,1-2H3,(H,18,22)(H,19,20). The van der Waals surface area contributed by atoms with Crippen molar-refractivity contribution < 1.29 is 33.0 Å². The summed E-state index contributed by atoms with van der Waals surface area (Å²) in [6.07, 6.45) is -0.641. The molecule has 6 nitrogen and oxygen atoms in total. The average molecular weight is 329 g/mol. The van der Waals surface area contributed by atoms with Crippen LogP contribution in [0.1, 0.15) is 37.0 Å².